The van der Waals surface area contributed by atoms with Crippen molar-refractivity contribution in [1.82, 2.24) is 9.78 Å². The second-order valence-electron chi connectivity index (χ2n) is 3.82. The van der Waals surface area contributed by atoms with Crippen LogP contribution in [0.2, 0.25) is 5.02 Å². The van der Waals surface area contributed by atoms with E-state index in [1.54, 1.807) is 0 Å². The van der Waals surface area contributed by atoms with Crippen LogP contribution in [0.1, 0.15) is 20.7 Å². The Morgan fingerprint density at radius 2 is 2.15 bits per heavy atom. The van der Waals surface area contributed by atoms with E-state index >= 15 is 0 Å². The highest BCUT2D eigenvalue weighted by Gasteiger charge is 2.18. The van der Waals surface area contributed by atoms with Gasteiger partial charge in [-0.1, -0.05) is 11.6 Å². The highest BCUT2D eigenvalue weighted by molar-refractivity contribution is 6.32. The van der Waals surface area contributed by atoms with Crippen LogP contribution < -0.4 is 5.73 Å². The highest BCUT2D eigenvalue weighted by Crippen LogP contribution is 2.25. The summed E-state index contributed by atoms with van der Waals surface area (Å²) in [4.78, 5) is 22.4. The number of nitrogens with two attached hydrogens (primary N) is 1. The number of benzene rings is 1. The standard InChI is InChI=1S/C12H10ClN3O4/c1-20-12(19)6-2-3-8(13)9(4-6)16-10(14)7(5-15-16)11(17)18/h2-5H,14H2,1H3,(H,17,18). The zero-order valence-corrected chi connectivity index (χ0v) is 11.1. The Hall–Kier alpha value is -2.54. The van der Waals surface area contributed by atoms with Crippen LogP contribution in [0.25, 0.3) is 5.69 Å². The zero-order chi connectivity index (χ0) is 14.9. The van der Waals surface area contributed by atoms with Crippen molar-refractivity contribution < 1.29 is 19.4 Å². The van der Waals surface area contributed by atoms with Gasteiger partial charge >= 0.3 is 11.9 Å². The van der Waals surface area contributed by atoms with E-state index in [0.717, 1.165) is 10.9 Å². The van der Waals surface area contributed by atoms with Crippen molar-refractivity contribution in [3.63, 3.8) is 0 Å². The normalized spacial score (nSPS) is 10.3. The maximum absolute atomic E-state index is 11.5. The van der Waals surface area contributed by atoms with Crippen molar-refractivity contribution in [3.8, 4) is 5.69 Å². The van der Waals surface area contributed by atoms with Crippen molar-refractivity contribution >= 4 is 29.4 Å². The average Bonchev–Trinajstić information content (AvgIpc) is 2.80. The molecular formula is C12H10ClN3O4. The summed E-state index contributed by atoms with van der Waals surface area (Å²) in [5.74, 6) is -1.83. The quantitative estimate of drug-likeness (QED) is 0.833. The number of nitrogens with zero attached hydrogens (tertiary/aromatic N) is 2. The Balaban J connectivity index is 2.57. The predicted molar refractivity (Wildman–Crippen MR) is 71.3 cm³/mol. The van der Waals surface area contributed by atoms with Crippen LogP contribution in [0.5, 0.6) is 0 Å². The summed E-state index contributed by atoms with van der Waals surface area (Å²) in [6.07, 6.45) is 1.11. The number of anilines is 1. The van der Waals surface area contributed by atoms with E-state index in [-0.39, 0.29) is 22.0 Å². The summed E-state index contributed by atoms with van der Waals surface area (Å²) in [5.41, 5.74) is 6.10. The number of carbonyl (C=O) groups is 2. The molecule has 0 unspecified atom stereocenters. The number of esters is 1. The fourth-order valence-corrected chi connectivity index (χ4v) is 1.83. The first-order chi connectivity index (χ1) is 9.45. The number of carbonyl (C=O) groups excluding carboxylic acids is 1. The average molecular weight is 296 g/mol. The van der Waals surface area contributed by atoms with Gasteiger partial charge in [0.15, 0.2) is 0 Å². The Morgan fingerprint density at radius 1 is 1.45 bits per heavy atom. The molecule has 7 nitrogen and oxygen atoms in total. The lowest BCUT2D eigenvalue weighted by molar-refractivity contribution is 0.0599. The number of nitrogen functional groups attached to an aromatic ring is 1. The van der Waals surface area contributed by atoms with E-state index in [4.69, 9.17) is 22.4 Å². The summed E-state index contributed by atoms with van der Waals surface area (Å²) >= 11 is 6.02. The largest absolute Gasteiger partial charge is 0.477 e. The summed E-state index contributed by atoms with van der Waals surface area (Å²) in [6.45, 7) is 0. The second-order valence-corrected chi connectivity index (χ2v) is 4.23. The van der Waals surface area contributed by atoms with Crippen LogP contribution in [0.15, 0.2) is 24.4 Å². The van der Waals surface area contributed by atoms with Crippen molar-refractivity contribution in [1.29, 1.82) is 0 Å². The van der Waals surface area contributed by atoms with Crippen molar-refractivity contribution in [3.05, 3.63) is 40.5 Å². The first kappa shape index (κ1) is 13.9. The molecule has 0 amide bonds. The van der Waals surface area contributed by atoms with Gasteiger partial charge in [0.2, 0.25) is 0 Å². The van der Waals surface area contributed by atoms with Crippen LogP contribution >= 0.6 is 11.6 Å². The summed E-state index contributed by atoms with van der Waals surface area (Å²) in [6, 6.07) is 4.38. The van der Waals surface area contributed by atoms with Crippen molar-refractivity contribution in [2.75, 3.05) is 12.8 Å². The molecule has 0 fully saturated rings. The fraction of sp³-hybridized carbons (Fsp3) is 0.0833. The van der Waals surface area contributed by atoms with E-state index < -0.39 is 11.9 Å². The third kappa shape index (κ3) is 2.30. The van der Waals surface area contributed by atoms with Gasteiger partial charge in [-0.2, -0.15) is 5.10 Å². The smallest absolute Gasteiger partial charge is 0.341 e. The monoisotopic (exact) mass is 295 g/mol. The van der Waals surface area contributed by atoms with E-state index in [2.05, 4.69) is 9.84 Å². The molecule has 1 heterocycles. The molecular weight excluding hydrogens is 286 g/mol. The Labute approximate surface area is 118 Å². The molecule has 1 aromatic heterocycles. The van der Waals surface area contributed by atoms with Gasteiger partial charge in [0.25, 0.3) is 0 Å². The van der Waals surface area contributed by atoms with E-state index in [1.807, 2.05) is 0 Å². The Bertz CT molecular complexity index is 696. The molecule has 2 aromatic rings. The topological polar surface area (TPSA) is 107 Å². The zero-order valence-electron chi connectivity index (χ0n) is 10.3. The molecule has 0 bridgehead atoms. The minimum absolute atomic E-state index is 0.0820. The SMILES string of the molecule is COC(=O)c1ccc(Cl)c(-n2ncc(C(=O)O)c2N)c1. The van der Waals surface area contributed by atoms with Crippen LogP contribution in [-0.4, -0.2) is 33.9 Å². The van der Waals surface area contributed by atoms with Gasteiger partial charge in [0, 0.05) is 0 Å². The van der Waals surface area contributed by atoms with Crippen LogP contribution in [0.3, 0.4) is 0 Å². The number of methoxy groups -OCH3 is 1. The number of hydrogen-bond donors (Lipinski definition) is 2. The van der Waals surface area contributed by atoms with Gasteiger partial charge in [0.05, 0.1) is 29.6 Å². The van der Waals surface area contributed by atoms with E-state index in [0.29, 0.717) is 5.69 Å². The second kappa shape index (κ2) is 5.22. The first-order valence-electron chi connectivity index (χ1n) is 5.40. The summed E-state index contributed by atoms with van der Waals surface area (Å²) in [7, 11) is 1.25. The molecule has 8 heteroatoms. The van der Waals surface area contributed by atoms with Crippen molar-refractivity contribution in [2.24, 2.45) is 0 Å². The molecule has 0 saturated heterocycles. The van der Waals surface area contributed by atoms with Crippen molar-refractivity contribution in [2.45, 2.75) is 0 Å². The number of carboxylic acid groups (broad SMARTS) is 1. The molecule has 1 aromatic carbocycles. The molecule has 0 spiro atoms. The van der Waals surface area contributed by atoms with Crippen LogP contribution in [-0.2, 0) is 4.74 Å². The first-order valence-corrected chi connectivity index (χ1v) is 5.78. The minimum atomic E-state index is -1.20. The molecule has 0 atom stereocenters. The summed E-state index contributed by atoms with van der Waals surface area (Å²) < 4.78 is 5.75. The lowest BCUT2D eigenvalue weighted by Gasteiger charge is -2.08. The number of ether oxygens (including phenoxy) is 1. The Kier molecular flexibility index (Phi) is 3.62. The third-order valence-electron chi connectivity index (χ3n) is 2.63. The van der Waals surface area contributed by atoms with Crippen LogP contribution in [0, 0.1) is 0 Å². The van der Waals surface area contributed by atoms with Gasteiger partial charge in [-0.3, -0.25) is 0 Å². The van der Waals surface area contributed by atoms with Gasteiger partial charge in [-0.05, 0) is 18.2 Å². The predicted octanol–water partition coefficient (Wildman–Crippen LogP) is 1.59. The maximum Gasteiger partial charge on any atom is 0.341 e. The number of rotatable bonds is 3. The summed E-state index contributed by atoms with van der Waals surface area (Å²) in [5, 5.41) is 13.1. The third-order valence-corrected chi connectivity index (χ3v) is 2.95. The molecule has 0 saturated carbocycles. The number of halogens is 1. The van der Waals surface area contributed by atoms with Gasteiger partial charge in [0.1, 0.15) is 11.4 Å². The molecule has 0 radical (unpaired) electrons. The number of aromatic carboxylic acids is 1. The lowest BCUT2D eigenvalue weighted by atomic mass is 10.2. The van der Waals surface area contributed by atoms with Gasteiger partial charge in [-0.25, -0.2) is 14.3 Å². The Morgan fingerprint density at radius 3 is 2.70 bits per heavy atom. The van der Waals surface area contributed by atoms with Gasteiger partial charge in [-0.15, -0.1) is 0 Å². The number of carboxylic acids is 1. The molecule has 20 heavy (non-hydrogen) atoms. The van der Waals surface area contributed by atoms with E-state index in [1.165, 1.54) is 25.3 Å². The van der Waals surface area contributed by atoms with E-state index in [9.17, 15) is 9.59 Å². The maximum atomic E-state index is 11.5. The number of hydrogen-bond acceptors (Lipinski definition) is 5. The lowest BCUT2D eigenvalue weighted by Crippen LogP contribution is -2.08. The van der Waals surface area contributed by atoms with Gasteiger partial charge < -0.3 is 15.6 Å². The minimum Gasteiger partial charge on any atom is -0.477 e. The molecule has 2 rings (SSSR count). The van der Waals surface area contributed by atoms with Crippen LogP contribution in [0.4, 0.5) is 5.82 Å². The number of aromatic nitrogens is 2. The molecule has 0 aliphatic rings. The fourth-order valence-electron chi connectivity index (χ4n) is 1.63. The molecule has 3 N–H and O–H groups in total. The molecule has 0 aliphatic heterocycles. The highest BCUT2D eigenvalue weighted by atomic mass is 35.5. The molecule has 104 valence electrons. The molecule has 0 aliphatic carbocycles.